The van der Waals surface area contributed by atoms with Gasteiger partial charge in [-0.15, -0.1) is 26.3 Å². The zero-order valence-corrected chi connectivity index (χ0v) is 17.2. The summed E-state index contributed by atoms with van der Waals surface area (Å²) < 4.78 is 15.3. The first kappa shape index (κ1) is 18.6. The predicted molar refractivity (Wildman–Crippen MR) is 108 cm³/mol. The Morgan fingerprint density at radius 1 is 1.27 bits per heavy atom. The topological polar surface area (TPSA) is 81.7 Å². The number of carbonyl (C=O) groups is 1. The van der Waals surface area contributed by atoms with Crippen LogP contribution < -0.4 is 0 Å². The standard InChI is InChI=1S/C20H18FN7OS/c1-12-16(9-22-26(12)2)17-10-27(11-18-15(17)6-7-30-18)20(29)19-23-25-28(24-19)14-5-3-4-13(21)8-14/h3-9,17H,10-11H2,1-2H3. The highest BCUT2D eigenvalue weighted by Gasteiger charge is 2.33. The molecule has 10 heteroatoms. The van der Waals surface area contributed by atoms with Crippen molar-refractivity contribution in [2.75, 3.05) is 6.54 Å². The third kappa shape index (κ3) is 3.09. The van der Waals surface area contributed by atoms with Gasteiger partial charge in [-0.25, -0.2) is 4.39 Å². The number of carbonyl (C=O) groups excluding carboxylic acids is 1. The van der Waals surface area contributed by atoms with Crippen molar-refractivity contribution >= 4 is 17.2 Å². The van der Waals surface area contributed by atoms with Gasteiger partial charge in [0, 0.05) is 41.7 Å². The molecule has 4 aromatic rings. The van der Waals surface area contributed by atoms with Crippen LogP contribution in [0.4, 0.5) is 4.39 Å². The monoisotopic (exact) mass is 423 g/mol. The molecule has 1 unspecified atom stereocenters. The molecule has 30 heavy (non-hydrogen) atoms. The minimum atomic E-state index is -0.409. The lowest BCUT2D eigenvalue weighted by Gasteiger charge is -2.32. The van der Waals surface area contributed by atoms with E-state index in [1.165, 1.54) is 22.5 Å². The van der Waals surface area contributed by atoms with Crippen LogP contribution in [0.15, 0.2) is 41.9 Å². The van der Waals surface area contributed by atoms with Gasteiger partial charge in [-0.1, -0.05) is 6.07 Å². The molecule has 0 saturated carbocycles. The number of thiophene rings is 1. The van der Waals surface area contributed by atoms with Crippen molar-refractivity contribution in [3.8, 4) is 5.69 Å². The van der Waals surface area contributed by atoms with Gasteiger partial charge < -0.3 is 4.90 Å². The van der Waals surface area contributed by atoms with E-state index >= 15 is 0 Å². The Balaban J connectivity index is 1.45. The van der Waals surface area contributed by atoms with E-state index in [0.717, 1.165) is 16.1 Å². The van der Waals surface area contributed by atoms with Crippen LogP contribution >= 0.6 is 11.3 Å². The maximum Gasteiger partial charge on any atom is 0.295 e. The van der Waals surface area contributed by atoms with Crippen LogP contribution in [0.5, 0.6) is 0 Å². The Hall–Kier alpha value is -3.40. The first-order valence-corrected chi connectivity index (χ1v) is 10.3. The number of hydrogen-bond acceptors (Lipinski definition) is 6. The maximum atomic E-state index is 13.5. The smallest absolute Gasteiger partial charge is 0.295 e. The lowest BCUT2D eigenvalue weighted by molar-refractivity contribution is 0.0715. The van der Waals surface area contributed by atoms with Crippen LogP contribution in [-0.2, 0) is 13.6 Å². The van der Waals surface area contributed by atoms with Gasteiger partial charge in [-0.3, -0.25) is 9.48 Å². The number of rotatable bonds is 3. The van der Waals surface area contributed by atoms with Crippen LogP contribution in [0, 0.1) is 12.7 Å². The molecule has 0 spiro atoms. The van der Waals surface area contributed by atoms with Crippen molar-refractivity contribution in [2.45, 2.75) is 19.4 Å². The molecular formula is C20H18FN7OS. The molecule has 1 atom stereocenters. The molecule has 1 aliphatic rings. The van der Waals surface area contributed by atoms with Gasteiger partial charge in [0.25, 0.3) is 11.7 Å². The van der Waals surface area contributed by atoms with E-state index in [4.69, 9.17) is 0 Å². The van der Waals surface area contributed by atoms with Gasteiger partial charge in [-0.2, -0.15) is 5.10 Å². The second-order valence-electron chi connectivity index (χ2n) is 7.23. The Morgan fingerprint density at radius 3 is 2.90 bits per heavy atom. The normalized spacial score (nSPS) is 16.0. The fourth-order valence-electron chi connectivity index (χ4n) is 3.78. The average Bonchev–Trinajstić information content (AvgIpc) is 3.48. The lowest BCUT2D eigenvalue weighted by atomic mass is 9.89. The van der Waals surface area contributed by atoms with Crippen LogP contribution in [-0.4, -0.2) is 47.3 Å². The molecular weight excluding hydrogens is 405 g/mol. The number of halogens is 1. The largest absolute Gasteiger partial charge is 0.330 e. The summed E-state index contributed by atoms with van der Waals surface area (Å²) in [4.78, 5) is 17.2. The van der Waals surface area contributed by atoms with E-state index in [1.54, 1.807) is 28.4 Å². The summed E-state index contributed by atoms with van der Waals surface area (Å²) in [7, 11) is 1.91. The maximum absolute atomic E-state index is 13.5. The summed E-state index contributed by atoms with van der Waals surface area (Å²) >= 11 is 1.63. The van der Waals surface area contributed by atoms with Gasteiger partial charge in [-0.05, 0) is 41.3 Å². The molecule has 0 N–H and O–H groups in total. The number of benzene rings is 1. The second kappa shape index (κ2) is 7.13. The van der Waals surface area contributed by atoms with E-state index in [2.05, 4.69) is 32.0 Å². The number of aromatic nitrogens is 6. The van der Waals surface area contributed by atoms with E-state index < -0.39 is 5.82 Å². The third-order valence-electron chi connectivity index (χ3n) is 5.47. The summed E-state index contributed by atoms with van der Waals surface area (Å²) in [6, 6.07) is 7.95. The molecule has 0 fully saturated rings. The lowest BCUT2D eigenvalue weighted by Crippen LogP contribution is -2.38. The minimum Gasteiger partial charge on any atom is -0.330 e. The van der Waals surface area contributed by atoms with E-state index in [-0.39, 0.29) is 17.6 Å². The Kier molecular flexibility index (Phi) is 4.43. The Labute approximate surface area is 175 Å². The number of nitrogens with zero attached hydrogens (tertiary/aromatic N) is 7. The van der Waals surface area contributed by atoms with Crippen molar-refractivity contribution in [3.05, 3.63) is 75.2 Å². The molecule has 4 heterocycles. The number of fused-ring (bicyclic) bond motifs is 1. The second-order valence-corrected chi connectivity index (χ2v) is 8.23. The summed E-state index contributed by atoms with van der Waals surface area (Å²) in [5, 5.41) is 18.4. The zero-order valence-electron chi connectivity index (χ0n) is 16.4. The number of tetrazole rings is 1. The number of hydrogen-bond donors (Lipinski definition) is 0. The minimum absolute atomic E-state index is 0.0130. The van der Waals surface area contributed by atoms with Crippen molar-refractivity contribution in [3.63, 3.8) is 0 Å². The summed E-state index contributed by atoms with van der Waals surface area (Å²) in [5.74, 6) is -0.686. The van der Waals surface area contributed by atoms with Crippen LogP contribution in [0.1, 0.15) is 38.2 Å². The number of aryl methyl sites for hydroxylation is 1. The molecule has 0 saturated heterocycles. The molecule has 0 radical (unpaired) electrons. The van der Waals surface area contributed by atoms with Crippen LogP contribution in [0.3, 0.4) is 0 Å². The van der Waals surface area contributed by atoms with E-state index in [1.807, 2.05) is 24.9 Å². The highest BCUT2D eigenvalue weighted by Crippen LogP contribution is 2.37. The number of amides is 1. The predicted octanol–water partition coefficient (Wildman–Crippen LogP) is 2.69. The highest BCUT2D eigenvalue weighted by atomic mass is 32.1. The van der Waals surface area contributed by atoms with Crippen LogP contribution in [0.25, 0.3) is 5.69 Å². The van der Waals surface area contributed by atoms with Gasteiger partial charge >= 0.3 is 0 Å². The van der Waals surface area contributed by atoms with Gasteiger partial charge in [0.2, 0.25) is 0 Å². The first-order valence-electron chi connectivity index (χ1n) is 9.41. The molecule has 1 aliphatic heterocycles. The average molecular weight is 423 g/mol. The Bertz CT molecular complexity index is 1240. The van der Waals surface area contributed by atoms with Crippen LogP contribution in [0.2, 0.25) is 0 Å². The quantitative estimate of drug-likeness (QED) is 0.506. The molecule has 1 aromatic carbocycles. The fourth-order valence-corrected chi connectivity index (χ4v) is 4.73. The molecule has 5 rings (SSSR count). The summed E-state index contributed by atoms with van der Waals surface area (Å²) in [6.45, 7) is 3.03. The van der Waals surface area contributed by atoms with E-state index in [0.29, 0.717) is 18.8 Å². The van der Waals surface area contributed by atoms with E-state index in [9.17, 15) is 9.18 Å². The third-order valence-corrected chi connectivity index (χ3v) is 6.39. The van der Waals surface area contributed by atoms with Crippen molar-refractivity contribution in [1.82, 2.24) is 34.9 Å². The molecule has 0 bridgehead atoms. The Morgan fingerprint density at radius 2 is 2.13 bits per heavy atom. The van der Waals surface area contributed by atoms with Crippen molar-refractivity contribution in [1.29, 1.82) is 0 Å². The molecule has 8 nitrogen and oxygen atoms in total. The SMILES string of the molecule is Cc1c(C2CN(C(=O)c3nnn(-c4cccc(F)c4)n3)Cc3sccc32)cnn1C. The van der Waals surface area contributed by atoms with Gasteiger partial charge in [0.1, 0.15) is 5.82 Å². The van der Waals surface area contributed by atoms with Gasteiger partial charge in [0.15, 0.2) is 0 Å². The highest BCUT2D eigenvalue weighted by molar-refractivity contribution is 7.10. The van der Waals surface area contributed by atoms with Crippen molar-refractivity contribution < 1.29 is 9.18 Å². The fraction of sp³-hybridized carbons (Fsp3) is 0.250. The summed E-state index contributed by atoms with van der Waals surface area (Å²) in [5.41, 5.74) is 3.81. The zero-order chi connectivity index (χ0) is 20.8. The first-order chi connectivity index (χ1) is 14.5. The summed E-state index contributed by atoms with van der Waals surface area (Å²) in [6.07, 6.45) is 1.87. The molecule has 1 amide bonds. The molecule has 3 aromatic heterocycles. The molecule has 0 aliphatic carbocycles. The van der Waals surface area contributed by atoms with Crippen molar-refractivity contribution in [2.24, 2.45) is 7.05 Å². The molecule has 152 valence electrons. The van der Waals surface area contributed by atoms with Gasteiger partial charge in [0.05, 0.1) is 18.4 Å².